The number of hydrogen-bond acceptors (Lipinski definition) is 11. The first-order valence-electron chi connectivity index (χ1n) is 12.3. The summed E-state index contributed by atoms with van der Waals surface area (Å²) in [6.45, 7) is 0.423. The minimum absolute atomic E-state index is 0.00609. The summed E-state index contributed by atoms with van der Waals surface area (Å²) in [7, 11) is 4.79. The predicted octanol–water partition coefficient (Wildman–Crippen LogP) is 1.05. The molecule has 0 bridgehead atoms. The molecule has 0 fully saturated rings. The molecule has 0 unspecified atom stereocenters. The number of para-hydroxylation sites is 1. The number of anilines is 3. The lowest BCUT2D eigenvalue weighted by atomic mass is 10.1. The maximum absolute atomic E-state index is 12.8. The molecule has 0 aliphatic carbocycles. The fourth-order valence-corrected chi connectivity index (χ4v) is 3.81. The van der Waals surface area contributed by atoms with Crippen LogP contribution < -0.4 is 20.7 Å². The number of ether oxygens (including phenoxy) is 1. The number of likely N-dealkylation sites (N-methyl/N-ethyl adjacent to an activating group) is 1. The van der Waals surface area contributed by atoms with Gasteiger partial charge >= 0.3 is 12.1 Å². The van der Waals surface area contributed by atoms with Gasteiger partial charge in [-0.25, -0.2) is 9.78 Å². The molecule has 0 aliphatic heterocycles. The van der Waals surface area contributed by atoms with E-state index in [4.69, 9.17) is 4.74 Å². The van der Waals surface area contributed by atoms with E-state index in [2.05, 4.69) is 30.9 Å². The van der Waals surface area contributed by atoms with Crippen LogP contribution in [0.2, 0.25) is 0 Å². The Morgan fingerprint density at radius 1 is 1.05 bits per heavy atom. The fourth-order valence-electron chi connectivity index (χ4n) is 3.81. The standard InChI is InChI=1S/C26H29N9O6/c1-34(13-12-16-8-5-4-6-9-16)25(37)29-20-14-19(21(32-31-20)24(36)30-26(38,39)40)28-18-11-7-10-17(22(18)41-3)23-27-15-35(2)33-23/h4-11,14-15,38-40H,12-13H2,1-3H3,(H,30,36)(H2,28,29,31,37). The Morgan fingerprint density at radius 2 is 1.80 bits per heavy atom. The van der Waals surface area contributed by atoms with Gasteiger partial charge in [-0.2, -0.15) is 5.10 Å². The monoisotopic (exact) mass is 563 g/mol. The number of benzene rings is 2. The van der Waals surface area contributed by atoms with Crippen molar-refractivity contribution in [3.8, 4) is 17.1 Å². The van der Waals surface area contributed by atoms with Crippen molar-refractivity contribution in [2.45, 2.75) is 12.5 Å². The highest BCUT2D eigenvalue weighted by atomic mass is 16.7. The Hall–Kier alpha value is -5.12. The predicted molar refractivity (Wildman–Crippen MR) is 147 cm³/mol. The molecule has 3 amide bonds. The zero-order valence-electron chi connectivity index (χ0n) is 22.4. The van der Waals surface area contributed by atoms with Crippen molar-refractivity contribution in [3.05, 3.63) is 72.2 Å². The van der Waals surface area contributed by atoms with Gasteiger partial charge in [0.1, 0.15) is 6.33 Å². The minimum atomic E-state index is -3.51. The summed E-state index contributed by atoms with van der Waals surface area (Å²) in [6, 6.07) is 15.6. The van der Waals surface area contributed by atoms with E-state index in [0.29, 0.717) is 35.8 Å². The van der Waals surface area contributed by atoms with Gasteiger partial charge in [0.2, 0.25) is 0 Å². The minimum Gasteiger partial charge on any atom is -0.494 e. The number of hydrogen-bond donors (Lipinski definition) is 6. The molecule has 0 saturated heterocycles. The summed E-state index contributed by atoms with van der Waals surface area (Å²) >= 11 is 0. The molecule has 214 valence electrons. The number of nitrogens with one attached hydrogen (secondary N) is 3. The van der Waals surface area contributed by atoms with E-state index in [1.165, 1.54) is 29.1 Å². The number of carbonyl (C=O) groups is 2. The first kappa shape index (κ1) is 28.9. The van der Waals surface area contributed by atoms with Crippen LogP contribution in [0.3, 0.4) is 0 Å². The van der Waals surface area contributed by atoms with E-state index < -0.39 is 23.7 Å². The third kappa shape index (κ3) is 7.51. The van der Waals surface area contributed by atoms with Gasteiger partial charge in [-0.15, -0.1) is 10.2 Å². The molecule has 0 atom stereocenters. The molecular formula is C26H29N9O6. The van der Waals surface area contributed by atoms with E-state index in [1.54, 1.807) is 37.6 Å². The Morgan fingerprint density at radius 3 is 2.46 bits per heavy atom. The van der Waals surface area contributed by atoms with Crippen LogP contribution in [0.1, 0.15) is 16.1 Å². The van der Waals surface area contributed by atoms with Crippen molar-refractivity contribution >= 4 is 29.1 Å². The molecule has 2 aromatic carbocycles. The van der Waals surface area contributed by atoms with Gasteiger partial charge < -0.3 is 30.3 Å². The number of rotatable bonds is 10. The summed E-state index contributed by atoms with van der Waals surface area (Å²) in [4.78, 5) is 31.2. The van der Waals surface area contributed by atoms with Crippen molar-refractivity contribution in [3.63, 3.8) is 0 Å². The number of aliphatic hydroxyl groups is 3. The van der Waals surface area contributed by atoms with Crippen LogP contribution >= 0.6 is 0 Å². The van der Waals surface area contributed by atoms with Crippen molar-refractivity contribution in [1.29, 1.82) is 0 Å². The number of nitrogens with zero attached hydrogens (tertiary/aromatic N) is 6. The Bertz CT molecular complexity index is 1520. The maximum atomic E-state index is 12.8. The second-order valence-corrected chi connectivity index (χ2v) is 8.92. The van der Waals surface area contributed by atoms with Crippen LogP contribution in [0.15, 0.2) is 60.9 Å². The lowest BCUT2D eigenvalue weighted by molar-refractivity contribution is -0.323. The summed E-state index contributed by atoms with van der Waals surface area (Å²) in [5.41, 5.74) is 1.54. The molecule has 2 heterocycles. The van der Waals surface area contributed by atoms with Crippen molar-refractivity contribution in [1.82, 2.24) is 35.2 Å². The number of aromatic nitrogens is 5. The van der Waals surface area contributed by atoms with Crippen molar-refractivity contribution in [2.24, 2.45) is 7.05 Å². The smallest absolute Gasteiger partial charge is 0.369 e. The average molecular weight is 564 g/mol. The molecular weight excluding hydrogens is 534 g/mol. The second-order valence-electron chi connectivity index (χ2n) is 8.92. The molecule has 41 heavy (non-hydrogen) atoms. The van der Waals surface area contributed by atoms with E-state index in [9.17, 15) is 24.9 Å². The van der Waals surface area contributed by atoms with Crippen molar-refractivity contribution in [2.75, 3.05) is 31.3 Å². The molecule has 0 spiro atoms. The molecule has 6 N–H and O–H groups in total. The maximum Gasteiger partial charge on any atom is 0.369 e. The molecule has 4 aromatic rings. The molecule has 0 radical (unpaired) electrons. The first-order valence-corrected chi connectivity index (χ1v) is 12.3. The molecule has 15 nitrogen and oxygen atoms in total. The third-order valence-corrected chi connectivity index (χ3v) is 5.78. The Labute approximate surface area is 234 Å². The van der Waals surface area contributed by atoms with Gasteiger partial charge in [-0.05, 0) is 24.1 Å². The topological polar surface area (TPSA) is 200 Å². The number of carbonyl (C=O) groups excluding carboxylic acids is 2. The molecule has 2 aromatic heterocycles. The van der Waals surface area contributed by atoms with Crippen LogP contribution in [0, 0.1) is 0 Å². The molecule has 4 rings (SSSR count). The number of amides is 3. The zero-order valence-corrected chi connectivity index (χ0v) is 22.4. The Balaban J connectivity index is 1.62. The van der Waals surface area contributed by atoms with Crippen LogP contribution in [0.25, 0.3) is 11.4 Å². The summed E-state index contributed by atoms with van der Waals surface area (Å²) < 4.78 is 7.13. The van der Waals surface area contributed by atoms with Gasteiger partial charge in [-0.1, -0.05) is 36.4 Å². The summed E-state index contributed by atoms with van der Waals surface area (Å²) in [5.74, 6) is -0.470. The quantitative estimate of drug-likeness (QED) is 0.151. The molecule has 0 aliphatic rings. The van der Waals surface area contributed by atoms with Crippen LogP contribution in [-0.2, 0) is 13.5 Å². The fraction of sp³-hybridized carbons (Fsp3) is 0.231. The number of urea groups is 1. The SMILES string of the molecule is COc1c(Nc2cc(NC(=O)N(C)CCc3ccccc3)nnc2C(=O)NC(O)(O)O)cccc1-c1ncn(C)n1. The number of methoxy groups -OCH3 is 1. The summed E-state index contributed by atoms with van der Waals surface area (Å²) in [6.07, 6.45) is -1.34. The second kappa shape index (κ2) is 12.4. The van der Waals surface area contributed by atoms with Crippen LogP contribution in [0.5, 0.6) is 5.75 Å². The van der Waals surface area contributed by atoms with Crippen molar-refractivity contribution < 1.29 is 29.6 Å². The first-order chi connectivity index (χ1) is 19.5. The van der Waals surface area contributed by atoms with Gasteiger partial charge in [0, 0.05) is 26.7 Å². The number of aryl methyl sites for hydroxylation is 1. The largest absolute Gasteiger partial charge is 0.494 e. The van der Waals surface area contributed by atoms with Gasteiger partial charge in [-0.3, -0.25) is 20.1 Å². The van der Waals surface area contributed by atoms with Crippen LogP contribution in [0.4, 0.5) is 22.0 Å². The highest BCUT2D eigenvalue weighted by molar-refractivity contribution is 5.99. The lowest BCUT2D eigenvalue weighted by Crippen LogP contribution is -2.48. The van der Waals surface area contributed by atoms with Gasteiger partial charge in [0.15, 0.2) is 23.1 Å². The third-order valence-electron chi connectivity index (χ3n) is 5.78. The Kier molecular flexibility index (Phi) is 8.72. The van der Waals surface area contributed by atoms with Gasteiger partial charge in [0.25, 0.3) is 5.91 Å². The zero-order chi connectivity index (χ0) is 29.6. The summed E-state index contributed by atoms with van der Waals surface area (Å²) in [5, 5.41) is 47.0. The van der Waals surface area contributed by atoms with Gasteiger partial charge in [0.05, 0.1) is 24.0 Å². The highest BCUT2D eigenvalue weighted by Crippen LogP contribution is 2.37. The average Bonchev–Trinajstić information content (AvgIpc) is 3.37. The van der Waals surface area contributed by atoms with E-state index in [1.807, 2.05) is 30.3 Å². The van der Waals surface area contributed by atoms with E-state index >= 15 is 0 Å². The highest BCUT2D eigenvalue weighted by Gasteiger charge is 2.27. The van der Waals surface area contributed by atoms with E-state index in [0.717, 1.165) is 5.56 Å². The van der Waals surface area contributed by atoms with E-state index in [-0.39, 0.29) is 11.5 Å². The van der Waals surface area contributed by atoms with Crippen LogP contribution in [-0.4, -0.2) is 83.9 Å². The normalized spacial score (nSPS) is 11.1. The molecule has 15 heteroatoms. The molecule has 0 saturated carbocycles. The lowest BCUT2D eigenvalue weighted by Gasteiger charge is -2.20.